The summed E-state index contributed by atoms with van der Waals surface area (Å²) in [7, 11) is 0. The maximum atomic E-state index is 12.2. The third-order valence-corrected chi connectivity index (χ3v) is 6.47. The molecule has 0 bridgehead atoms. The minimum atomic E-state index is -0.131. The Balaban J connectivity index is 1.42. The molecule has 0 radical (unpaired) electrons. The Labute approximate surface area is 162 Å². The smallest absolute Gasteiger partial charge is 0.251 e. The SMILES string of the molecule is Cc1csc(SCc2ccc(C(=O)NCCC(=O)N3CCCC3)cc2)n1. The fourth-order valence-corrected chi connectivity index (χ4v) is 4.61. The molecule has 1 aromatic carbocycles. The Morgan fingerprint density at radius 1 is 1.23 bits per heavy atom. The quantitative estimate of drug-likeness (QED) is 0.737. The molecule has 1 aliphatic heterocycles. The summed E-state index contributed by atoms with van der Waals surface area (Å²) in [6.07, 6.45) is 2.55. The molecular formula is C19H23N3O2S2. The first-order valence-corrected chi connectivity index (χ1v) is 10.7. The Morgan fingerprint density at radius 2 is 1.96 bits per heavy atom. The molecule has 1 aromatic heterocycles. The number of aromatic nitrogens is 1. The van der Waals surface area contributed by atoms with E-state index in [2.05, 4.69) is 10.3 Å². The third-order valence-electron chi connectivity index (χ3n) is 4.26. The number of thiazole rings is 1. The van der Waals surface area contributed by atoms with Crippen LogP contribution in [0.1, 0.15) is 40.9 Å². The van der Waals surface area contributed by atoms with Crippen molar-refractivity contribution in [3.63, 3.8) is 0 Å². The van der Waals surface area contributed by atoms with Crippen molar-refractivity contribution in [1.29, 1.82) is 0 Å². The summed E-state index contributed by atoms with van der Waals surface area (Å²) in [5.41, 5.74) is 2.83. The average molecular weight is 390 g/mol. The largest absolute Gasteiger partial charge is 0.352 e. The van der Waals surface area contributed by atoms with E-state index in [1.165, 1.54) is 0 Å². The van der Waals surface area contributed by atoms with Crippen LogP contribution in [0.4, 0.5) is 0 Å². The van der Waals surface area contributed by atoms with E-state index in [1.54, 1.807) is 23.1 Å². The van der Waals surface area contributed by atoms with Gasteiger partial charge in [0.1, 0.15) is 4.34 Å². The molecular weight excluding hydrogens is 366 g/mol. The van der Waals surface area contributed by atoms with Crippen LogP contribution in [0, 0.1) is 6.92 Å². The van der Waals surface area contributed by atoms with Gasteiger partial charge < -0.3 is 10.2 Å². The van der Waals surface area contributed by atoms with Gasteiger partial charge in [0.15, 0.2) is 0 Å². The molecule has 2 heterocycles. The van der Waals surface area contributed by atoms with Crippen molar-refractivity contribution in [1.82, 2.24) is 15.2 Å². The van der Waals surface area contributed by atoms with Crippen molar-refractivity contribution >= 4 is 34.9 Å². The number of nitrogens with one attached hydrogen (secondary N) is 1. The highest BCUT2D eigenvalue weighted by Crippen LogP contribution is 2.26. The zero-order chi connectivity index (χ0) is 18.4. The standard InChI is InChI=1S/C19H23N3O2S2/c1-14-12-25-19(21-14)26-13-15-4-6-16(7-5-15)18(24)20-9-8-17(23)22-10-2-3-11-22/h4-7,12H,2-3,8-11,13H2,1H3,(H,20,24). The molecule has 1 aliphatic rings. The van der Waals surface area contributed by atoms with Gasteiger partial charge >= 0.3 is 0 Å². The van der Waals surface area contributed by atoms with Crippen LogP contribution >= 0.6 is 23.1 Å². The van der Waals surface area contributed by atoms with Crippen LogP contribution in [0.15, 0.2) is 34.0 Å². The molecule has 0 spiro atoms. The number of rotatable bonds is 7. The van der Waals surface area contributed by atoms with Crippen LogP contribution in [-0.2, 0) is 10.5 Å². The Kier molecular flexibility index (Phi) is 6.68. The Morgan fingerprint density at radius 3 is 2.62 bits per heavy atom. The fourth-order valence-electron chi connectivity index (χ4n) is 2.81. The van der Waals surface area contributed by atoms with Gasteiger partial charge in [-0.05, 0) is 37.5 Å². The number of amides is 2. The minimum absolute atomic E-state index is 0.131. The van der Waals surface area contributed by atoms with Crippen LogP contribution in [0.5, 0.6) is 0 Å². The van der Waals surface area contributed by atoms with Gasteiger partial charge in [-0.3, -0.25) is 9.59 Å². The number of aryl methyl sites for hydroxylation is 1. The second-order valence-corrected chi connectivity index (χ2v) is 8.41. The topological polar surface area (TPSA) is 62.3 Å². The van der Waals surface area contributed by atoms with Crippen molar-refractivity contribution in [3.05, 3.63) is 46.5 Å². The third kappa shape index (κ3) is 5.32. The van der Waals surface area contributed by atoms with Gasteiger partial charge in [0.2, 0.25) is 5.91 Å². The molecule has 1 fully saturated rings. The Bertz CT molecular complexity index is 752. The van der Waals surface area contributed by atoms with Gasteiger partial charge in [-0.2, -0.15) is 0 Å². The van der Waals surface area contributed by atoms with Crippen LogP contribution in [0.3, 0.4) is 0 Å². The predicted octanol–water partition coefficient (Wildman–Crippen LogP) is 3.49. The molecule has 7 heteroatoms. The second-order valence-electron chi connectivity index (χ2n) is 6.33. The van der Waals surface area contributed by atoms with Crippen molar-refractivity contribution in [2.75, 3.05) is 19.6 Å². The van der Waals surface area contributed by atoms with Gasteiger partial charge in [-0.15, -0.1) is 11.3 Å². The highest BCUT2D eigenvalue weighted by molar-refractivity contribution is 8.00. The number of carbonyl (C=O) groups excluding carboxylic acids is 2. The molecule has 0 atom stereocenters. The van der Waals surface area contributed by atoms with E-state index < -0.39 is 0 Å². The van der Waals surface area contributed by atoms with Gasteiger partial charge in [0.25, 0.3) is 5.91 Å². The van der Waals surface area contributed by atoms with Gasteiger partial charge in [-0.25, -0.2) is 4.98 Å². The van der Waals surface area contributed by atoms with Crippen LogP contribution in [0.25, 0.3) is 0 Å². The predicted molar refractivity (Wildman–Crippen MR) is 106 cm³/mol. The molecule has 2 amide bonds. The van der Waals surface area contributed by atoms with E-state index in [0.29, 0.717) is 18.5 Å². The lowest BCUT2D eigenvalue weighted by molar-refractivity contribution is -0.129. The monoisotopic (exact) mass is 389 g/mol. The fraction of sp³-hybridized carbons (Fsp3) is 0.421. The molecule has 1 saturated heterocycles. The lowest BCUT2D eigenvalue weighted by Crippen LogP contribution is -2.32. The first-order valence-electron chi connectivity index (χ1n) is 8.81. The lowest BCUT2D eigenvalue weighted by Gasteiger charge is -2.15. The second kappa shape index (κ2) is 9.19. The van der Waals surface area contributed by atoms with Crippen LogP contribution in [0.2, 0.25) is 0 Å². The number of nitrogens with zero attached hydrogens (tertiary/aromatic N) is 2. The zero-order valence-corrected chi connectivity index (χ0v) is 16.5. The van der Waals surface area contributed by atoms with E-state index in [1.807, 2.05) is 41.5 Å². The maximum Gasteiger partial charge on any atom is 0.251 e. The summed E-state index contributed by atoms with van der Waals surface area (Å²) < 4.78 is 1.06. The number of hydrogen-bond donors (Lipinski definition) is 1. The van der Waals surface area contributed by atoms with E-state index in [9.17, 15) is 9.59 Å². The summed E-state index contributed by atoms with van der Waals surface area (Å²) in [5, 5.41) is 4.88. The first-order chi connectivity index (χ1) is 12.6. The number of likely N-dealkylation sites (tertiary alicyclic amines) is 1. The highest BCUT2D eigenvalue weighted by atomic mass is 32.2. The molecule has 26 heavy (non-hydrogen) atoms. The summed E-state index contributed by atoms with van der Waals surface area (Å²) >= 11 is 3.36. The highest BCUT2D eigenvalue weighted by Gasteiger charge is 2.17. The molecule has 0 aliphatic carbocycles. The molecule has 3 rings (SSSR count). The molecule has 0 saturated carbocycles. The van der Waals surface area contributed by atoms with Crippen molar-refractivity contribution in [2.45, 2.75) is 36.3 Å². The van der Waals surface area contributed by atoms with Crippen LogP contribution in [-0.4, -0.2) is 41.3 Å². The first kappa shape index (κ1) is 18.9. The summed E-state index contributed by atoms with van der Waals surface area (Å²) in [6, 6.07) is 7.61. The van der Waals surface area contributed by atoms with Crippen molar-refractivity contribution < 1.29 is 9.59 Å². The summed E-state index contributed by atoms with van der Waals surface area (Å²) in [5.74, 6) is 0.834. The summed E-state index contributed by atoms with van der Waals surface area (Å²) in [6.45, 7) is 4.08. The van der Waals surface area contributed by atoms with E-state index in [-0.39, 0.29) is 11.8 Å². The molecule has 5 nitrogen and oxygen atoms in total. The molecule has 2 aromatic rings. The minimum Gasteiger partial charge on any atom is -0.352 e. The van der Waals surface area contributed by atoms with Gasteiger partial charge in [-0.1, -0.05) is 23.9 Å². The number of carbonyl (C=O) groups is 2. The van der Waals surface area contributed by atoms with Crippen molar-refractivity contribution in [3.8, 4) is 0 Å². The summed E-state index contributed by atoms with van der Waals surface area (Å²) in [4.78, 5) is 30.5. The van der Waals surface area contributed by atoms with E-state index in [4.69, 9.17) is 0 Å². The van der Waals surface area contributed by atoms with Crippen molar-refractivity contribution in [2.24, 2.45) is 0 Å². The van der Waals surface area contributed by atoms with Crippen LogP contribution < -0.4 is 5.32 Å². The number of hydrogen-bond acceptors (Lipinski definition) is 5. The van der Waals surface area contributed by atoms with Gasteiger partial charge in [0.05, 0.1) is 0 Å². The molecule has 1 N–H and O–H groups in total. The van der Waals surface area contributed by atoms with E-state index >= 15 is 0 Å². The van der Waals surface area contributed by atoms with E-state index in [0.717, 1.165) is 47.3 Å². The molecule has 0 unspecified atom stereocenters. The number of benzene rings is 1. The lowest BCUT2D eigenvalue weighted by atomic mass is 10.1. The average Bonchev–Trinajstić information content (AvgIpc) is 3.32. The normalized spacial score (nSPS) is 13.8. The molecule has 138 valence electrons. The number of thioether (sulfide) groups is 1. The Hall–Kier alpha value is -1.86. The zero-order valence-electron chi connectivity index (χ0n) is 14.9. The maximum absolute atomic E-state index is 12.2. The van der Waals surface area contributed by atoms with Gasteiger partial charge in [0, 0.05) is 48.4 Å².